The van der Waals surface area contributed by atoms with Crippen LogP contribution in [0.5, 0.6) is 0 Å². The number of rotatable bonds is 0. The number of carbonyl (C=O) groups is 2. The van der Waals surface area contributed by atoms with Crippen LogP contribution in [0.15, 0.2) is 0 Å². The summed E-state index contributed by atoms with van der Waals surface area (Å²) in [7, 11) is 0. The largest absolute Gasteiger partial charge is 0.393 e. The number of ether oxygens (including phenoxy) is 2. The lowest BCUT2D eigenvalue weighted by Crippen LogP contribution is -2.58. The Morgan fingerprint density at radius 1 is 0.568 bits per heavy atom. The summed E-state index contributed by atoms with van der Waals surface area (Å²) in [6.45, 7) is 9.36. The van der Waals surface area contributed by atoms with Crippen LogP contribution < -0.4 is 0 Å². The van der Waals surface area contributed by atoms with E-state index >= 15 is 0 Å². The van der Waals surface area contributed by atoms with Crippen LogP contribution in [0.4, 0.5) is 0 Å². The fourth-order valence-corrected chi connectivity index (χ4v) is 14.9. The highest BCUT2D eigenvalue weighted by Gasteiger charge is 2.77. The van der Waals surface area contributed by atoms with Gasteiger partial charge < -0.3 is 19.7 Å². The van der Waals surface area contributed by atoms with Gasteiger partial charge in [-0.15, -0.1) is 0 Å². The molecule has 2 saturated heterocycles. The Kier molecular flexibility index (Phi) is 5.99. The summed E-state index contributed by atoms with van der Waals surface area (Å²) in [6.07, 6.45) is 16.7. The average Bonchev–Trinajstić information content (AvgIpc) is 3.81. The van der Waals surface area contributed by atoms with Crippen molar-refractivity contribution in [1.29, 1.82) is 0 Å². The second-order valence-electron chi connectivity index (χ2n) is 18.7. The van der Waals surface area contributed by atoms with Crippen LogP contribution in [0.1, 0.15) is 130 Å². The molecule has 0 amide bonds. The topological polar surface area (TPSA) is 99.7 Å². The van der Waals surface area contributed by atoms with Crippen LogP contribution in [-0.4, -0.2) is 57.4 Å². The molecule has 2 spiro atoms. The zero-order chi connectivity index (χ0) is 30.7. The lowest BCUT2D eigenvalue weighted by molar-refractivity contribution is -0.138. The van der Waals surface area contributed by atoms with Crippen LogP contribution in [0.25, 0.3) is 0 Å². The third-order valence-corrected chi connectivity index (χ3v) is 17.5. The van der Waals surface area contributed by atoms with E-state index < -0.39 is 0 Å². The molecule has 0 aromatic rings. The van der Waals surface area contributed by atoms with E-state index in [1.54, 1.807) is 0 Å². The third kappa shape index (κ3) is 3.43. The van der Waals surface area contributed by atoms with Gasteiger partial charge in [-0.05, 0) is 113 Å². The number of Topliss-reactive ketones (excluding diaryl/α,β-unsaturated/α-hetero) is 2. The van der Waals surface area contributed by atoms with Gasteiger partial charge in [0.15, 0.2) is 0 Å². The number of carbonyl (C=O) groups excluding carboxylic acids is 2. The molecule has 6 heteroatoms. The van der Waals surface area contributed by atoms with Crippen LogP contribution in [0, 0.1) is 57.2 Å². The Morgan fingerprint density at radius 3 is 1.39 bits per heavy atom. The molecule has 2 heterocycles. The Morgan fingerprint density at radius 2 is 0.977 bits per heavy atom. The normalized spacial score (nSPS) is 62.7. The van der Waals surface area contributed by atoms with Gasteiger partial charge in [-0.1, -0.05) is 27.7 Å². The molecular weight excluding hydrogens is 552 g/mol. The van der Waals surface area contributed by atoms with E-state index in [0.29, 0.717) is 59.3 Å². The molecule has 0 aromatic carbocycles. The Balaban J connectivity index is 0.000000123. The van der Waals surface area contributed by atoms with Gasteiger partial charge in [-0.25, -0.2) is 0 Å². The van der Waals surface area contributed by atoms with E-state index in [-0.39, 0.29) is 45.1 Å². The number of hydrogen-bond acceptors (Lipinski definition) is 6. The minimum Gasteiger partial charge on any atom is -0.393 e. The highest BCUT2D eigenvalue weighted by atomic mass is 16.6. The number of epoxide rings is 2. The van der Waals surface area contributed by atoms with Crippen molar-refractivity contribution in [3.05, 3.63) is 0 Å². The van der Waals surface area contributed by atoms with Crippen molar-refractivity contribution in [3.8, 4) is 0 Å². The molecule has 2 N–H and O–H groups in total. The fraction of sp³-hybridized carbons (Fsp3) is 0.947. The summed E-state index contributed by atoms with van der Waals surface area (Å²) in [5.74, 6) is 4.96. The highest BCUT2D eigenvalue weighted by molar-refractivity contribution is 5.87. The van der Waals surface area contributed by atoms with Crippen molar-refractivity contribution >= 4 is 11.6 Å². The minimum atomic E-state index is -0.170. The quantitative estimate of drug-likeness (QED) is 0.319. The van der Waals surface area contributed by atoms with Gasteiger partial charge in [0.05, 0.1) is 24.4 Å². The lowest BCUT2D eigenvalue weighted by Gasteiger charge is -2.58. The number of hydrogen-bond donors (Lipinski definition) is 2. The number of aliphatic hydroxyl groups is 2. The Labute approximate surface area is 263 Å². The van der Waals surface area contributed by atoms with Crippen molar-refractivity contribution in [1.82, 2.24) is 0 Å². The second kappa shape index (κ2) is 8.99. The van der Waals surface area contributed by atoms with Gasteiger partial charge in [-0.2, -0.15) is 0 Å². The van der Waals surface area contributed by atoms with Crippen LogP contribution in [0.3, 0.4) is 0 Å². The van der Waals surface area contributed by atoms with Gasteiger partial charge in [0.1, 0.15) is 22.8 Å². The summed E-state index contributed by atoms with van der Waals surface area (Å²) in [6, 6.07) is 0. The maximum absolute atomic E-state index is 12.4. The van der Waals surface area contributed by atoms with Gasteiger partial charge in [0, 0.05) is 47.3 Å². The van der Waals surface area contributed by atoms with E-state index in [9.17, 15) is 19.8 Å². The lowest BCUT2D eigenvalue weighted by atomic mass is 9.45. The standard InChI is InChI=1S/2C19H28O3/c2*1-17-7-6-14-12(13(17)3-4-15(17)21)9-16-19(22-16)10-11(20)5-8-18(14,19)2/h2*11-14,16,20H,3-10H2,1-2H3/t11-,12?,13?,14?,16+,17-,18+,19+;11-,12?,13?,14?,16-,17-,18+,19-/m00/s1. The molecule has 44 heavy (non-hydrogen) atoms. The molecule has 10 rings (SSSR count). The first kappa shape index (κ1) is 29.3. The number of fused-ring (bicyclic) bond motifs is 8. The van der Waals surface area contributed by atoms with Crippen molar-refractivity contribution in [3.63, 3.8) is 0 Å². The van der Waals surface area contributed by atoms with Crippen molar-refractivity contribution in [2.24, 2.45) is 57.2 Å². The average molecular weight is 609 g/mol. The summed E-state index contributed by atoms with van der Waals surface area (Å²) in [5, 5.41) is 20.3. The molecule has 6 unspecified atom stereocenters. The highest BCUT2D eigenvalue weighted by Crippen LogP contribution is 2.74. The van der Waals surface area contributed by atoms with Crippen molar-refractivity contribution in [2.75, 3.05) is 0 Å². The zero-order valence-electron chi connectivity index (χ0n) is 27.6. The molecule has 10 aliphatic rings. The molecule has 0 bridgehead atoms. The van der Waals surface area contributed by atoms with E-state index in [4.69, 9.17) is 9.47 Å². The molecule has 10 fully saturated rings. The number of aliphatic hydroxyl groups excluding tert-OH is 2. The van der Waals surface area contributed by atoms with Crippen molar-refractivity contribution in [2.45, 2.75) is 166 Å². The molecule has 244 valence electrons. The van der Waals surface area contributed by atoms with Gasteiger partial charge in [-0.3, -0.25) is 9.59 Å². The van der Waals surface area contributed by atoms with Gasteiger partial charge in [0.25, 0.3) is 0 Å². The molecule has 0 aromatic heterocycles. The van der Waals surface area contributed by atoms with E-state index in [1.807, 2.05) is 0 Å². The first-order valence-corrected chi connectivity index (χ1v) is 18.6. The maximum Gasteiger partial charge on any atom is 0.139 e. The van der Waals surface area contributed by atoms with Gasteiger partial charge in [0.2, 0.25) is 0 Å². The van der Waals surface area contributed by atoms with E-state index in [2.05, 4.69) is 27.7 Å². The zero-order valence-corrected chi connectivity index (χ0v) is 27.6. The first-order valence-electron chi connectivity index (χ1n) is 18.6. The minimum absolute atomic E-state index is 0.0256. The molecule has 2 aliphatic heterocycles. The van der Waals surface area contributed by atoms with E-state index in [1.165, 1.54) is 12.8 Å². The predicted molar refractivity (Wildman–Crippen MR) is 164 cm³/mol. The monoisotopic (exact) mass is 608 g/mol. The fourth-order valence-electron chi connectivity index (χ4n) is 14.9. The molecular formula is C38H56O6. The summed E-state index contributed by atoms with van der Waals surface area (Å²) >= 11 is 0. The summed E-state index contributed by atoms with van der Waals surface area (Å²) in [5.41, 5.74) is 0.325. The molecule has 0 radical (unpaired) electrons. The summed E-state index contributed by atoms with van der Waals surface area (Å²) in [4.78, 5) is 24.9. The SMILES string of the molecule is C[C@]12CCC3C(C[C@@H]4O[C@@]45C[C@@H](O)CC[C@]35C)C1CCC2=O.C[C@]12CCC3C(C[C@H]4O[C@]45C[C@@H](O)CC[C@]35C)C1CCC2=O. The Bertz CT molecular complexity index is 1190. The number of ketones is 2. The molecule has 8 saturated carbocycles. The van der Waals surface area contributed by atoms with E-state index in [0.717, 1.165) is 89.9 Å². The van der Waals surface area contributed by atoms with Gasteiger partial charge >= 0.3 is 0 Å². The smallest absolute Gasteiger partial charge is 0.139 e. The van der Waals surface area contributed by atoms with Crippen LogP contribution in [-0.2, 0) is 19.1 Å². The van der Waals surface area contributed by atoms with Crippen molar-refractivity contribution < 1.29 is 29.3 Å². The molecule has 8 aliphatic carbocycles. The third-order valence-electron chi connectivity index (χ3n) is 17.5. The van der Waals surface area contributed by atoms with Crippen LogP contribution >= 0.6 is 0 Å². The molecule has 16 atom stereocenters. The molecule has 6 nitrogen and oxygen atoms in total. The first-order chi connectivity index (χ1) is 20.8. The Hall–Kier alpha value is -0.820. The predicted octanol–water partition coefficient (Wildman–Crippen LogP) is 6.18. The summed E-state index contributed by atoms with van der Waals surface area (Å²) < 4.78 is 12.6. The van der Waals surface area contributed by atoms with Crippen LogP contribution in [0.2, 0.25) is 0 Å². The maximum atomic E-state index is 12.4. The second-order valence-corrected chi connectivity index (χ2v) is 18.7.